The third-order valence-electron chi connectivity index (χ3n) is 15.5. The number of nitrogens with zero attached hydrogens (tertiary/aromatic N) is 14. The van der Waals surface area contributed by atoms with Gasteiger partial charge < -0.3 is 50.3 Å². The summed E-state index contributed by atoms with van der Waals surface area (Å²) in [6.45, 7) is 5.63. The van der Waals surface area contributed by atoms with E-state index >= 15 is 0 Å². The Morgan fingerprint density at radius 3 is 1.20 bits per heavy atom. The third kappa shape index (κ3) is 27.4. The Morgan fingerprint density at radius 1 is 0.322 bits per heavy atom. The van der Waals surface area contributed by atoms with E-state index in [9.17, 15) is 37.1 Å². The lowest BCUT2D eigenvalue weighted by molar-refractivity contribution is -0.141. The molecule has 11 heterocycles. The molecule has 15 rings (SSSR count). The van der Waals surface area contributed by atoms with Gasteiger partial charge in [0.15, 0.2) is 17.4 Å². The first-order valence-electron chi connectivity index (χ1n) is 35.9. The molecule has 0 aliphatic rings. The molecule has 32 heteroatoms. The zero-order valence-electron chi connectivity index (χ0n) is 64.0. The number of hydrogen-bond acceptors (Lipinski definition) is 24. The van der Waals surface area contributed by atoms with Crippen LogP contribution >= 0.6 is 0 Å². The van der Waals surface area contributed by atoms with Gasteiger partial charge >= 0.3 is 6.18 Å². The molecule has 0 aliphatic heterocycles. The number of rotatable bonds is 20. The predicted octanol–water partition coefficient (Wildman–Crippen LogP) is 17.1. The molecule has 11 aromatic heterocycles. The highest BCUT2D eigenvalue weighted by Gasteiger charge is 2.32. The van der Waals surface area contributed by atoms with Crippen molar-refractivity contribution in [2.24, 2.45) is 0 Å². The van der Waals surface area contributed by atoms with Crippen molar-refractivity contribution in [1.82, 2.24) is 69.8 Å². The van der Waals surface area contributed by atoms with Crippen LogP contribution in [-0.2, 0) is 6.18 Å². The van der Waals surface area contributed by atoms with Crippen molar-refractivity contribution >= 4 is 58.6 Å². The minimum absolute atomic E-state index is 0.0827. The average Bonchev–Trinajstić information content (AvgIpc) is 0.849. The van der Waals surface area contributed by atoms with Gasteiger partial charge in [0.25, 0.3) is 29.5 Å². The zero-order valence-corrected chi connectivity index (χ0v) is 64.0. The summed E-state index contributed by atoms with van der Waals surface area (Å²) in [6.07, 6.45) is 30.2. The Morgan fingerprint density at radius 2 is 0.744 bits per heavy atom. The molecule has 5 amide bonds. The molecular formula is C89H66F3N19O10. The molecule has 4 aromatic carbocycles. The van der Waals surface area contributed by atoms with E-state index in [1.807, 2.05) is 44.2 Å². The number of hydrogen-bond donors (Lipinski definition) is 5. The number of alkyl halides is 3. The second kappa shape index (κ2) is 42.6. The summed E-state index contributed by atoms with van der Waals surface area (Å²) in [5.74, 6) is 9.00. The number of ether oxygens (including phenoxy) is 5. The van der Waals surface area contributed by atoms with Crippen LogP contribution in [-0.4, -0.2) is 99.3 Å². The number of aryl methyl sites for hydroxylation is 3. The van der Waals surface area contributed by atoms with E-state index < -0.39 is 17.8 Å². The number of benzene rings is 4. The van der Waals surface area contributed by atoms with Crippen LogP contribution in [0.2, 0.25) is 0 Å². The number of aromatic nitrogens is 14. The molecule has 0 bridgehead atoms. The van der Waals surface area contributed by atoms with Crippen LogP contribution < -0.4 is 50.3 Å². The van der Waals surface area contributed by atoms with Crippen LogP contribution in [0.5, 0.6) is 57.9 Å². The van der Waals surface area contributed by atoms with Gasteiger partial charge in [-0.25, -0.2) is 29.9 Å². The van der Waals surface area contributed by atoms with E-state index in [4.69, 9.17) is 36.5 Å². The van der Waals surface area contributed by atoms with Crippen molar-refractivity contribution in [3.63, 3.8) is 0 Å². The molecule has 29 nitrogen and oxygen atoms in total. The highest BCUT2D eigenvalue weighted by atomic mass is 19.4. The third-order valence-corrected chi connectivity index (χ3v) is 15.5. The molecule has 121 heavy (non-hydrogen) atoms. The van der Waals surface area contributed by atoms with E-state index in [2.05, 4.69) is 108 Å². The maximum atomic E-state index is 12.5. The fourth-order valence-electron chi connectivity index (χ4n) is 10.0. The fourth-order valence-corrected chi connectivity index (χ4v) is 10.0. The monoisotopic (exact) mass is 1620 g/mol. The standard InChI is InChI=1S/C19H13N3O2.C18H13F3N4O2.C18H12N4O2.2C17H14N4O2/c1-2-14-5-3-6-15(11-14)19(23)22-18-12-16(8-10-21-18)24-17-7-4-9-20-13-17;1-11-4-2-5-13(23-11)17(26)25-15-6-3-7-16(24-15)27-12-8-9-14(22-10-12)18(19,20)21;1-2-13-5-3-6-14(9-13)18(23)22-16-11-20-12-17(21-16)24-15-7-4-8-19-10-15;1-12-4-2-5-13(8-12)17(22)21-15-10-19-11-16(20-15)23-14-6-3-7-18-9-14;1-12-3-2-4-13(7-12)17(22)21-16-8-14(5-6-20-16)23-15-9-18-11-19-10-15/h1,3-13H,(H,21,22,23);2-10H,1H3,(H,24,25,26);1,3-12H,(H,21,22,23);2*2-11H,1H3,(H,20,21,22). The lowest BCUT2D eigenvalue weighted by Gasteiger charge is -2.09. The number of nitrogens with one attached hydrogen (secondary N) is 5. The quantitative estimate of drug-likeness (QED) is 0.0442. The first-order chi connectivity index (χ1) is 58.7. The Kier molecular flexibility index (Phi) is 29.8. The normalized spacial score (nSPS) is 10.2. The van der Waals surface area contributed by atoms with E-state index in [0.717, 1.165) is 29.5 Å². The SMILES string of the molecule is C#Cc1cccc(C(=O)Nc2cc(Oc3cccnc3)ccn2)c1.C#Cc1cccc(C(=O)Nc2cncc(Oc3cccnc3)n2)c1.Cc1cccc(C(=O)Nc2cc(Oc3cncnc3)ccn2)c1.Cc1cccc(C(=O)Nc2cccc(Oc3ccc(C(F)(F)F)nc3)n2)n1.Cc1cccc(C(=O)Nc2cncc(Oc3cccnc3)n2)c1. The molecular weight excluding hydrogens is 1550 g/mol. The van der Waals surface area contributed by atoms with Crippen molar-refractivity contribution in [2.75, 3.05) is 26.6 Å². The van der Waals surface area contributed by atoms with Gasteiger partial charge in [-0.3, -0.25) is 48.9 Å². The Labute approximate surface area is 689 Å². The molecule has 0 atom stereocenters. The summed E-state index contributed by atoms with van der Waals surface area (Å²) in [6, 6.07) is 57.1. The smallest absolute Gasteiger partial charge is 0.433 e. The Hall–Kier alpha value is -17.4. The average molecular weight is 1620 g/mol. The minimum atomic E-state index is -4.52. The molecule has 0 saturated heterocycles. The molecule has 15 aromatic rings. The lowest BCUT2D eigenvalue weighted by Crippen LogP contribution is -2.15. The first kappa shape index (κ1) is 84.5. The van der Waals surface area contributed by atoms with Gasteiger partial charge in [-0.2, -0.15) is 28.1 Å². The molecule has 0 radical (unpaired) electrons. The molecule has 598 valence electrons. The lowest BCUT2D eigenvalue weighted by atomic mass is 10.1. The number of halogens is 3. The number of terminal acetylenes is 2. The van der Waals surface area contributed by atoms with Gasteiger partial charge in [0.1, 0.15) is 69.7 Å². The molecule has 5 N–H and O–H groups in total. The van der Waals surface area contributed by atoms with E-state index in [-0.39, 0.29) is 64.3 Å². The summed E-state index contributed by atoms with van der Waals surface area (Å²) in [5.41, 5.74) is 5.25. The fraction of sp³-hybridized carbons (Fsp3) is 0.0449. The summed E-state index contributed by atoms with van der Waals surface area (Å²) >= 11 is 0. The number of anilines is 5. The van der Waals surface area contributed by atoms with Crippen LogP contribution in [0.4, 0.5) is 42.3 Å². The molecule has 0 saturated carbocycles. The predicted molar refractivity (Wildman–Crippen MR) is 441 cm³/mol. The van der Waals surface area contributed by atoms with Crippen molar-refractivity contribution < 1.29 is 60.8 Å². The second-order valence-electron chi connectivity index (χ2n) is 24.8. The summed E-state index contributed by atoms with van der Waals surface area (Å²) in [4.78, 5) is 117. The number of pyridine rings is 8. The van der Waals surface area contributed by atoms with Crippen molar-refractivity contribution in [3.05, 3.63) is 367 Å². The maximum absolute atomic E-state index is 12.5. The minimum Gasteiger partial charge on any atom is -0.456 e. The van der Waals surface area contributed by atoms with Crippen LogP contribution in [0.3, 0.4) is 0 Å². The summed E-state index contributed by atoms with van der Waals surface area (Å²) < 4.78 is 65.3. The highest BCUT2D eigenvalue weighted by Crippen LogP contribution is 2.31. The number of carbonyl (C=O) groups is 5. The van der Waals surface area contributed by atoms with Gasteiger partial charge in [-0.05, 0) is 160 Å². The van der Waals surface area contributed by atoms with Crippen molar-refractivity contribution in [2.45, 2.75) is 26.9 Å². The molecule has 0 spiro atoms. The van der Waals surface area contributed by atoms with Crippen molar-refractivity contribution in [1.29, 1.82) is 0 Å². The first-order valence-corrected chi connectivity index (χ1v) is 35.9. The Bertz CT molecular complexity index is 5850. The van der Waals surface area contributed by atoms with Crippen LogP contribution in [0, 0.1) is 45.5 Å². The van der Waals surface area contributed by atoms with Crippen LogP contribution in [0.1, 0.15) is 85.6 Å². The largest absolute Gasteiger partial charge is 0.456 e. The van der Waals surface area contributed by atoms with Gasteiger partial charge in [-0.15, -0.1) is 12.8 Å². The van der Waals surface area contributed by atoms with Gasteiger partial charge in [0.05, 0.1) is 62.0 Å². The van der Waals surface area contributed by atoms with E-state index in [0.29, 0.717) is 91.0 Å². The highest BCUT2D eigenvalue weighted by molar-refractivity contribution is 6.06. The second-order valence-corrected chi connectivity index (χ2v) is 24.8. The number of amides is 5. The molecule has 0 fully saturated rings. The van der Waals surface area contributed by atoms with E-state index in [1.54, 1.807) is 227 Å². The van der Waals surface area contributed by atoms with Gasteiger partial charge in [0.2, 0.25) is 17.6 Å². The maximum Gasteiger partial charge on any atom is 0.433 e. The van der Waals surface area contributed by atoms with Crippen LogP contribution in [0.25, 0.3) is 0 Å². The van der Waals surface area contributed by atoms with Crippen LogP contribution in [0.15, 0.2) is 306 Å². The van der Waals surface area contributed by atoms with Gasteiger partial charge in [-0.1, -0.05) is 71.5 Å². The topological polar surface area (TPSA) is 372 Å². The Balaban J connectivity index is 0.000000148. The van der Waals surface area contributed by atoms with Gasteiger partial charge in [0, 0.05) is 88.3 Å². The summed E-state index contributed by atoms with van der Waals surface area (Å²) in [7, 11) is 0. The molecule has 0 aliphatic carbocycles. The number of carbonyl (C=O) groups excluding carboxylic acids is 5. The van der Waals surface area contributed by atoms with Crippen molar-refractivity contribution in [3.8, 4) is 82.6 Å². The zero-order chi connectivity index (χ0) is 85.1. The summed E-state index contributed by atoms with van der Waals surface area (Å²) in [5, 5.41) is 13.4. The van der Waals surface area contributed by atoms with E-state index in [1.165, 1.54) is 37.2 Å². The molecule has 0 unspecified atom stereocenters.